The zero-order valence-electron chi connectivity index (χ0n) is 6.43. The third kappa shape index (κ3) is 2.11. The van der Waals surface area contributed by atoms with Crippen LogP contribution in [0.15, 0.2) is 18.2 Å². The number of hydrogen-bond donors (Lipinski definition) is 2. The van der Waals surface area contributed by atoms with E-state index in [0.29, 0.717) is 16.6 Å². The fraction of sp³-hybridized carbons (Fsp3) is 0.250. The van der Waals surface area contributed by atoms with E-state index in [0.717, 1.165) is 5.56 Å². The van der Waals surface area contributed by atoms with Crippen molar-refractivity contribution in [2.45, 2.75) is 6.04 Å². The molecule has 1 aromatic rings. The smallest absolute Gasteiger partial charge is 0.0469 e. The van der Waals surface area contributed by atoms with Gasteiger partial charge < -0.3 is 11.5 Å². The van der Waals surface area contributed by atoms with Gasteiger partial charge in [0.25, 0.3) is 0 Å². The minimum absolute atomic E-state index is 0.213. The molecule has 0 fully saturated rings. The first-order valence-electron chi connectivity index (χ1n) is 3.55. The zero-order chi connectivity index (χ0) is 9.14. The van der Waals surface area contributed by atoms with Crippen LogP contribution in [0.1, 0.15) is 11.6 Å². The Balaban J connectivity index is 3.01. The minimum Gasteiger partial charge on any atom is -0.329 e. The predicted octanol–water partition coefficient (Wildman–Crippen LogP) is 1.95. The highest BCUT2D eigenvalue weighted by Crippen LogP contribution is 2.24. The summed E-state index contributed by atoms with van der Waals surface area (Å²) in [4.78, 5) is 0. The molecule has 4 N–H and O–H groups in total. The summed E-state index contributed by atoms with van der Waals surface area (Å²) in [5.41, 5.74) is 11.9. The standard InChI is InChI=1S/C8H10Cl2N2/c9-5-1-2-6(7(10)3-5)8(12)4-11/h1-3,8H,4,11-12H2. The molecule has 2 nitrogen and oxygen atoms in total. The van der Waals surface area contributed by atoms with Crippen molar-refractivity contribution in [3.05, 3.63) is 33.8 Å². The van der Waals surface area contributed by atoms with Crippen molar-refractivity contribution in [3.8, 4) is 0 Å². The Kier molecular flexibility index (Phi) is 3.35. The lowest BCUT2D eigenvalue weighted by molar-refractivity contribution is 0.737. The molecule has 0 aromatic heterocycles. The summed E-state index contributed by atoms with van der Waals surface area (Å²) in [6.07, 6.45) is 0. The van der Waals surface area contributed by atoms with Crippen molar-refractivity contribution in [2.24, 2.45) is 11.5 Å². The van der Waals surface area contributed by atoms with Crippen molar-refractivity contribution in [1.82, 2.24) is 0 Å². The maximum Gasteiger partial charge on any atom is 0.0469 e. The van der Waals surface area contributed by atoms with Crippen LogP contribution < -0.4 is 11.5 Å². The van der Waals surface area contributed by atoms with E-state index in [-0.39, 0.29) is 6.04 Å². The molecule has 4 heteroatoms. The molecule has 0 bridgehead atoms. The van der Waals surface area contributed by atoms with Crippen molar-refractivity contribution >= 4 is 23.2 Å². The fourth-order valence-corrected chi connectivity index (χ4v) is 1.48. The van der Waals surface area contributed by atoms with Gasteiger partial charge in [0, 0.05) is 22.6 Å². The van der Waals surface area contributed by atoms with E-state index < -0.39 is 0 Å². The first-order chi connectivity index (χ1) is 5.65. The van der Waals surface area contributed by atoms with Crippen LogP contribution in [0.3, 0.4) is 0 Å². The Labute approximate surface area is 81.4 Å². The Morgan fingerprint density at radius 3 is 2.50 bits per heavy atom. The van der Waals surface area contributed by atoms with Gasteiger partial charge in [0.1, 0.15) is 0 Å². The number of rotatable bonds is 2. The van der Waals surface area contributed by atoms with Crippen LogP contribution in [0.2, 0.25) is 10.0 Å². The van der Waals surface area contributed by atoms with Gasteiger partial charge in [-0.15, -0.1) is 0 Å². The molecule has 1 atom stereocenters. The summed E-state index contributed by atoms with van der Waals surface area (Å²) in [6.45, 7) is 0.376. The van der Waals surface area contributed by atoms with Gasteiger partial charge in [-0.2, -0.15) is 0 Å². The summed E-state index contributed by atoms with van der Waals surface area (Å²) in [7, 11) is 0. The van der Waals surface area contributed by atoms with Gasteiger partial charge in [0.05, 0.1) is 0 Å². The summed E-state index contributed by atoms with van der Waals surface area (Å²) in [5, 5.41) is 1.17. The molecule has 0 amide bonds. The summed E-state index contributed by atoms with van der Waals surface area (Å²) in [6, 6.07) is 4.99. The third-order valence-electron chi connectivity index (χ3n) is 1.62. The van der Waals surface area contributed by atoms with Crippen LogP contribution in [0.5, 0.6) is 0 Å². The van der Waals surface area contributed by atoms with E-state index in [2.05, 4.69) is 0 Å². The van der Waals surface area contributed by atoms with Gasteiger partial charge >= 0.3 is 0 Å². The number of hydrogen-bond acceptors (Lipinski definition) is 2. The number of halogens is 2. The largest absolute Gasteiger partial charge is 0.329 e. The molecule has 0 heterocycles. The second-order valence-corrected chi connectivity index (χ2v) is 3.35. The third-order valence-corrected chi connectivity index (χ3v) is 2.18. The average Bonchev–Trinajstić information content (AvgIpc) is 2.03. The normalized spacial score (nSPS) is 13.0. The van der Waals surface area contributed by atoms with Crippen LogP contribution in [0, 0.1) is 0 Å². The summed E-state index contributed by atoms with van der Waals surface area (Å²) < 4.78 is 0. The lowest BCUT2D eigenvalue weighted by Crippen LogP contribution is -2.20. The van der Waals surface area contributed by atoms with Crippen LogP contribution in [-0.4, -0.2) is 6.54 Å². The average molecular weight is 205 g/mol. The van der Waals surface area contributed by atoms with E-state index in [1.54, 1.807) is 18.2 Å². The zero-order valence-corrected chi connectivity index (χ0v) is 7.94. The van der Waals surface area contributed by atoms with E-state index in [9.17, 15) is 0 Å². The van der Waals surface area contributed by atoms with Gasteiger partial charge in [-0.1, -0.05) is 29.3 Å². The van der Waals surface area contributed by atoms with Gasteiger partial charge in [0.2, 0.25) is 0 Å². The molecular formula is C8H10Cl2N2. The highest BCUT2D eigenvalue weighted by atomic mass is 35.5. The molecule has 0 aliphatic rings. The molecule has 12 heavy (non-hydrogen) atoms. The molecule has 66 valence electrons. The molecule has 0 saturated heterocycles. The topological polar surface area (TPSA) is 52.0 Å². The second-order valence-electron chi connectivity index (χ2n) is 2.51. The van der Waals surface area contributed by atoms with Crippen molar-refractivity contribution in [2.75, 3.05) is 6.54 Å². The van der Waals surface area contributed by atoms with Gasteiger partial charge in [-0.05, 0) is 17.7 Å². The van der Waals surface area contributed by atoms with Gasteiger partial charge in [-0.25, -0.2) is 0 Å². The minimum atomic E-state index is -0.213. The van der Waals surface area contributed by atoms with Crippen molar-refractivity contribution < 1.29 is 0 Å². The Morgan fingerprint density at radius 1 is 1.33 bits per heavy atom. The van der Waals surface area contributed by atoms with E-state index in [1.807, 2.05) is 0 Å². The first kappa shape index (κ1) is 9.81. The fourth-order valence-electron chi connectivity index (χ4n) is 0.929. The number of benzene rings is 1. The number of nitrogens with two attached hydrogens (primary N) is 2. The molecule has 0 radical (unpaired) electrons. The van der Waals surface area contributed by atoms with Crippen molar-refractivity contribution in [1.29, 1.82) is 0 Å². The van der Waals surface area contributed by atoms with Gasteiger partial charge in [-0.3, -0.25) is 0 Å². The highest BCUT2D eigenvalue weighted by molar-refractivity contribution is 6.35. The molecular weight excluding hydrogens is 195 g/mol. The Bertz CT molecular complexity index is 276. The molecule has 1 rings (SSSR count). The Morgan fingerprint density at radius 2 is 2.00 bits per heavy atom. The maximum absolute atomic E-state index is 5.88. The summed E-state index contributed by atoms with van der Waals surface area (Å²) in [5.74, 6) is 0. The molecule has 0 spiro atoms. The molecule has 0 aliphatic heterocycles. The van der Waals surface area contributed by atoms with Gasteiger partial charge in [0.15, 0.2) is 0 Å². The van der Waals surface area contributed by atoms with E-state index in [1.165, 1.54) is 0 Å². The molecule has 0 aliphatic carbocycles. The van der Waals surface area contributed by atoms with Crippen molar-refractivity contribution in [3.63, 3.8) is 0 Å². The SMILES string of the molecule is NCC(N)c1ccc(Cl)cc1Cl. The second kappa shape index (κ2) is 4.10. The molecule has 0 saturated carbocycles. The highest BCUT2D eigenvalue weighted by Gasteiger charge is 2.07. The first-order valence-corrected chi connectivity index (χ1v) is 4.31. The van der Waals surface area contributed by atoms with Crippen LogP contribution in [0.4, 0.5) is 0 Å². The van der Waals surface area contributed by atoms with Crippen LogP contribution >= 0.6 is 23.2 Å². The molecule has 1 aromatic carbocycles. The van der Waals surface area contributed by atoms with E-state index >= 15 is 0 Å². The Hall–Kier alpha value is -0.280. The summed E-state index contributed by atoms with van der Waals surface area (Å²) >= 11 is 11.6. The molecule has 1 unspecified atom stereocenters. The monoisotopic (exact) mass is 204 g/mol. The van der Waals surface area contributed by atoms with Crippen LogP contribution in [-0.2, 0) is 0 Å². The quantitative estimate of drug-likeness (QED) is 0.775. The van der Waals surface area contributed by atoms with E-state index in [4.69, 9.17) is 34.7 Å². The van der Waals surface area contributed by atoms with Crippen LogP contribution in [0.25, 0.3) is 0 Å². The predicted molar refractivity (Wildman–Crippen MR) is 52.4 cm³/mol. The lowest BCUT2D eigenvalue weighted by atomic mass is 10.1. The lowest BCUT2D eigenvalue weighted by Gasteiger charge is -2.10. The maximum atomic E-state index is 5.88.